The van der Waals surface area contributed by atoms with Crippen molar-refractivity contribution in [3.05, 3.63) is 29.3 Å². The highest BCUT2D eigenvalue weighted by Gasteiger charge is 2.42. The molecule has 0 amide bonds. The Bertz CT molecular complexity index is 646. The van der Waals surface area contributed by atoms with E-state index in [0.29, 0.717) is 29.0 Å². The fraction of sp³-hybridized carbons (Fsp3) is 0.529. The zero-order chi connectivity index (χ0) is 16.1. The first-order chi connectivity index (χ1) is 10.3. The van der Waals surface area contributed by atoms with Gasteiger partial charge in [0, 0.05) is 6.07 Å². The molecule has 0 radical (unpaired) electrons. The zero-order valence-electron chi connectivity index (χ0n) is 12.7. The molecule has 3 rings (SSSR count). The number of alkyl halides is 3. The van der Waals surface area contributed by atoms with Gasteiger partial charge in [0.25, 0.3) is 0 Å². The number of Topliss-reactive ketones (excluding diaryl/α,β-unsaturated/α-hetero) is 1. The monoisotopic (exact) mass is 310 g/mol. The van der Waals surface area contributed by atoms with Gasteiger partial charge in [-0.15, -0.1) is 0 Å². The third kappa shape index (κ3) is 2.94. The van der Waals surface area contributed by atoms with Crippen LogP contribution in [0.5, 0.6) is 0 Å². The molecule has 0 spiro atoms. The first-order valence-corrected chi connectivity index (χ1v) is 7.60. The Morgan fingerprint density at radius 3 is 2.64 bits per heavy atom. The summed E-state index contributed by atoms with van der Waals surface area (Å²) < 4.78 is 39.1. The van der Waals surface area contributed by atoms with Crippen molar-refractivity contribution in [2.45, 2.75) is 38.8 Å². The highest BCUT2D eigenvalue weighted by molar-refractivity contribution is 6.07. The van der Waals surface area contributed by atoms with E-state index in [1.165, 1.54) is 6.21 Å². The van der Waals surface area contributed by atoms with Crippen LogP contribution >= 0.6 is 0 Å². The van der Waals surface area contributed by atoms with Gasteiger partial charge in [0.15, 0.2) is 12.0 Å². The minimum atomic E-state index is -4.29. The smallest absolute Gasteiger partial charge is 0.293 e. The van der Waals surface area contributed by atoms with Crippen LogP contribution < -0.4 is 0 Å². The maximum Gasteiger partial charge on any atom is 0.448 e. The van der Waals surface area contributed by atoms with E-state index in [1.807, 2.05) is 6.07 Å². The summed E-state index contributed by atoms with van der Waals surface area (Å²) in [5, 5.41) is 0. The zero-order valence-corrected chi connectivity index (χ0v) is 12.7. The second kappa shape index (κ2) is 5.21. The molecule has 1 aliphatic heterocycles. The van der Waals surface area contributed by atoms with E-state index in [0.717, 1.165) is 16.6 Å². The molecule has 0 aromatic heterocycles. The van der Waals surface area contributed by atoms with Crippen LogP contribution in [0.15, 0.2) is 18.2 Å². The van der Waals surface area contributed by atoms with Crippen molar-refractivity contribution in [3.8, 4) is 0 Å². The van der Waals surface area contributed by atoms with E-state index in [-0.39, 0.29) is 12.2 Å². The number of ketones is 1. The van der Waals surface area contributed by atoms with E-state index in [1.54, 1.807) is 12.1 Å². The van der Waals surface area contributed by atoms with Gasteiger partial charge in [-0.3, -0.25) is 4.79 Å². The number of fused-ring (bicyclic) bond motifs is 1. The lowest BCUT2D eigenvalue weighted by molar-refractivity contribution is -0.480. The van der Waals surface area contributed by atoms with Crippen LogP contribution in [-0.2, 0) is 0 Å². The predicted octanol–water partition coefficient (Wildman–Crippen LogP) is 4.31. The number of halogens is 3. The fourth-order valence-corrected chi connectivity index (χ4v) is 3.34. The average Bonchev–Trinajstić information content (AvgIpc) is 3.21. The summed E-state index contributed by atoms with van der Waals surface area (Å²) in [7, 11) is 0. The van der Waals surface area contributed by atoms with Crippen molar-refractivity contribution < 1.29 is 22.5 Å². The highest BCUT2D eigenvalue weighted by atomic mass is 19.4. The number of rotatable bonds is 3. The topological polar surface area (TPSA) is 20.1 Å². The largest absolute Gasteiger partial charge is 0.448 e. The molecule has 118 valence electrons. The number of carbonyl (C=O) groups is 1. The molecule has 2 aliphatic rings. The molecule has 0 N–H and O–H groups in total. The van der Waals surface area contributed by atoms with Crippen LogP contribution in [0.4, 0.5) is 18.9 Å². The SMILES string of the molecule is CC(C)[C@H]1C[C@@H]1c1ccc2c(c1)C(=O)CC=[N+]2CC(F)(F)F. The van der Waals surface area contributed by atoms with Gasteiger partial charge in [-0.2, -0.15) is 17.7 Å². The molecule has 1 fully saturated rings. The van der Waals surface area contributed by atoms with Crippen LogP contribution in [0.2, 0.25) is 0 Å². The summed E-state index contributed by atoms with van der Waals surface area (Å²) in [5.41, 5.74) is 1.89. The Morgan fingerprint density at radius 2 is 2.05 bits per heavy atom. The molecular formula is C17H19F3NO+. The number of nitrogens with zero attached hydrogens (tertiary/aromatic N) is 1. The van der Waals surface area contributed by atoms with E-state index in [9.17, 15) is 18.0 Å². The lowest BCUT2D eigenvalue weighted by Crippen LogP contribution is -2.28. The molecule has 5 heteroatoms. The normalized spacial score (nSPS) is 24.3. The van der Waals surface area contributed by atoms with Crippen molar-refractivity contribution in [1.29, 1.82) is 0 Å². The van der Waals surface area contributed by atoms with Gasteiger partial charge in [-0.25, -0.2) is 0 Å². The second-order valence-electron chi connectivity index (χ2n) is 6.58. The van der Waals surface area contributed by atoms with E-state index in [2.05, 4.69) is 13.8 Å². The molecule has 22 heavy (non-hydrogen) atoms. The summed E-state index contributed by atoms with van der Waals surface area (Å²) in [6.07, 6.45) is -1.81. The van der Waals surface area contributed by atoms with Crippen LogP contribution in [0.3, 0.4) is 0 Å². The quantitative estimate of drug-likeness (QED) is 0.762. The van der Waals surface area contributed by atoms with Crippen molar-refractivity contribution in [3.63, 3.8) is 0 Å². The van der Waals surface area contributed by atoms with Gasteiger partial charge >= 0.3 is 6.18 Å². The number of hydrogen-bond donors (Lipinski definition) is 0. The molecule has 0 saturated heterocycles. The first-order valence-electron chi connectivity index (χ1n) is 7.60. The molecule has 1 heterocycles. The van der Waals surface area contributed by atoms with Crippen molar-refractivity contribution >= 4 is 17.7 Å². The lowest BCUT2D eigenvalue weighted by atomic mass is 9.96. The van der Waals surface area contributed by atoms with Gasteiger partial charge in [0.2, 0.25) is 12.2 Å². The predicted molar refractivity (Wildman–Crippen MR) is 78.0 cm³/mol. The highest BCUT2D eigenvalue weighted by Crippen LogP contribution is 2.52. The molecule has 1 aromatic rings. The summed E-state index contributed by atoms with van der Waals surface area (Å²) in [6.45, 7) is 3.30. The molecule has 1 aromatic carbocycles. The van der Waals surface area contributed by atoms with Crippen molar-refractivity contribution in [1.82, 2.24) is 0 Å². The van der Waals surface area contributed by atoms with Gasteiger partial charge in [0.05, 0.1) is 12.0 Å². The molecular weight excluding hydrogens is 291 g/mol. The van der Waals surface area contributed by atoms with Crippen LogP contribution in [0.25, 0.3) is 0 Å². The number of benzene rings is 1. The van der Waals surface area contributed by atoms with Crippen LogP contribution in [0.1, 0.15) is 48.5 Å². The van der Waals surface area contributed by atoms with Gasteiger partial charge in [0.1, 0.15) is 0 Å². The van der Waals surface area contributed by atoms with Crippen LogP contribution in [0, 0.1) is 11.8 Å². The van der Waals surface area contributed by atoms with E-state index >= 15 is 0 Å². The molecule has 2 nitrogen and oxygen atoms in total. The number of hydrogen-bond acceptors (Lipinski definition) is 1. The van der Waals surface area contributed by atoms with Crippen LogP contribution in [-0.4, -0.2) is 29.3 Å². The Labute approximate surface area is 127 Å². The minimum Gasteiger partial charge on any atom is -0.293 e. The number of carbonyl (C=O) groups excluding carboxylic acids is 1. The van der Waals surface area contributed by atoms with Gasteiger partial charge in [-0.05, 0) is 35.8 Å². The Balaban J connectivity index is 1.90. The minimum absolute atomic E-state index is 0.0325. The summed E-state index contributed by atoms with van der Waals surface area (Å²) in [4.78, 5) is 12.1. The summed E-state index contributed by atoms with van der Waals surface area (Å²) in [5.74, 6) is 1.55. The van der Waals surface area contributed by atoms with E-state index < -0.39 is 12.7 Å². The Hall–Kier alpha value is -1.65. The maximum absolute atomic E-state index is 12.6. The fourth-order valence-electron chi connectivity index (χ4n) is 3.34. The van der Waals surface area contributed by atoms with Crippen molar-refractivity contribution in [2.24, 2.45) is 11.8 Å². The first kappa shape index (κ1) is 15.3. The average molecular weight is 310 g/mol. The third-order valence-electron chi connectivity index (χ3n) is 4.60. The summed E-state index contributed by atoms with van der Waals surface area (Å²) in [6, 6.07) is 5.35. The molecule has 0 bridgehead atoms. The molecule has 0 unspecified atom stereocenters. The maximum atomic E-state index is 12.6. The summed E-state index contributed by atoms with van der Waals surface area (Å²) >= 11 is 0. The lowest BCUT2D eigenvalue weighted by Gasteiger charge is -2.14. The third-order valence-corrected chi connectivity index (χ3v) is 4.60. The Kier molecular flexibility index (Phi) is 3.62. The molecule has 1 aliphatic carbocycles. The van der Waals surface area contributed by atoms with E-state index in [4.69, 9.17) is 0 Å². The molecule has 1 saturated carbocycles. The van der Waals surface area contributed by atoms with Gasteiger partial charge in [-0.1, -0.05) is 19.9 Å². The van der Waals surface area contributed by atoms with Crippen molar-refractivity contribution in [2.75, 3.05) is 6.54 Å². The second-order valence-corrected chi connectivity index (χ2v) is 6.58. The Morgan fingerprint density at radius 1 is 1.32 bits per heavy atom. The standard InChI is InChI=1S/C17H19F3NO/c1-10(2)12-8-13(12)11-3-4-15-14(7-11)16(22)5-6-21(15)9-17(18,19)20/h3-4,6-7,10,12-13H,5,8-9H2,1-2H3/q+1/t12-,13-/m1/s1. The molecule has 2 atom stereocenters. The van der Waals surface area contributed by atoms with Gasteiger partial charge < -0.3 is 0 Å².